The minimum Gasteiger partial charge on any atom is -0.472 e. The summed E-state index contributed by atoms with van der Waals surface area (Å²) in [4.78, 5) is 30.6. The lowest BCUT2D eigenvalue weighted by Gasteiger charge is -2.34. The van der Waals surface area contributed by atoms with Crippen molar-refractivity contribution in [2.24, 2.45) is 5.92 Å². The summed E-state index contributed by atoms with van der Waals surface area (Å²) >= 11 is 1.82. The Balaban J connectivity index is 1.43. The topological polar surface area (TPSA) is 53.8 Å². The Morgan fingerprint density at radius 2 is 1.88 bits per heavy atom. The molecule has 5 nitrogen and oxygen atoms in total. The van der Waals surface area contributed by atoms with Crippen molar-refractivity contribution in [1.29, 1.82) is 0 Å². The Kier molecular flexibility index (Phi) is 5.02. The van der Waals surface area contributed by atoms with Gasteiger partial charge in [-0.1, -0.05) is 12.1 Å². The first-order valence-corrected chi connectivity index (χ1v) is 10.1. The van der Waals surface area contributed by atoms with Crippen LogP contribution in [0.5, 0.6) is 0 Å². The molecule has 6 heteroatoms. The van der Waals surface area contributed by atoms with Crippen molar-refractivity contribution in [3.05, 3.63) is 48.4 Å². The van der Waals surface area contributed by atoms with E-state index >= 15 is 0 Å². The van der Waals surface area contributed by atoms with Gasteiger partial charge in [-0.15, -0.1) is 11.8 Å². The molecule has 136 valence electrons. The number of nitrogens with zero attached hydrogens (tertiary/aromatic N) is 2. The molecule has 26 heavy (non-hydrogen) atoms. The lowest BCUT2D eigenvalue weighted by Crippen LogP contribution is -2.44. The maximum atomic E-state index is 13.2. The highest BCUT2D eigenvalue weighted by Gasteiger charge is 2.32. The molecule has 1 aromatic heterocycles. The van der Waals surface area contributed by atoms with Gasteiger partial charge in [0.1, 0.15) is 6.26 Å². The van der Waals surface area contributed by atoms with Crippen molar-refractivity contribution in [3.63, 3.8) is 0 Å². The van der Waals surface area contributed by atoms with Crippen molar-refractivity contribution in [3.8, 4) is 0 Å². The van der Waals surface area contributed by atoms with Crippen LogP contribution < -0.4 is 4.90 Å². The van der Waals surface area contributed by atoms with Crippen LogP contribution in [-0.4, -0.2) is 42.1 Å². The van der Waals surface area contributed by atoms with Crippen LogP contribution in [-0.2, 0) is 4.79 Å². The summed E-state index contributed by atoms with van der Waals surface area (Å²) in [6, 6.07) is 9.85. The molecule has 2 aliphatic rings. The van der Waals surface area contributed by atoms with E-state index < -0.39 is 0 Å². The molecule has 0 aliphatic carbocycles. The highest BCUT2D eigenvalue weighted by Crippen LogP contribution is 2.35. The lowest BCUT2D eigenvalue weighted by molar-refractivity contribution is -0.123. The average Bonchev–Trinajstić information content (AvgIpc) is 3.14. The number of hydrogen-bond donors (Lipinski definition) is 0. The predicted octanol–water partition coefficient (Wildman–Crippen LogP) is 3.66. The van der Waals surface area contributed by atoms with Crippen LogP contribution in [0.2, 0.25) is 0 Å². The van der Waals surface area contributed by atoms with E-state index in [1.54, 1.807) is 6.07 Å². The number of furan rings is 1. The first kappa shape index (κ1) is 17.2. The van der Waals surface area contributed by atoms with Gasteiger partial charge in [0.2, 0.25) is 5.91 Å². The van der Waals surface area contributed by atoms with E-state index in [0.29, 0.717) is 31.5 Å². The highest BCUT2D eigenvalue weighted by molar-refractivity contribution is 7.99. The number of piperidine rings is 1. The zero-order chi connectivity index (χ0) is 17.9. The summed E-state index contributed by atoms with van der Waals surface area (Å²) < 4.78 is 5.00. The standard InChI is InChI=1S/C20H22N2O3S/c23-19(16-8-12-25-14-16)21-10-6-15(7-11-21)20(24)22-9-3-13-26-18-5-2-1-4-17(18)22/h1-2,4-5,8,12,14-15H,3,6-7,9-11,13H2. The normalized spacial score (nSPS) is 18.3. The summed E-state index contributed by atoms with van der Waals surface area (Å²) in [5, 5.41) is 0. The molecule has 1 aromatic carbocycles. The molecule has 0 bridgehead atoms. The zero-order valence-electron chi connectivity index (χ0n) is 14.6. The smallest absolute Gasteiger partial charge is 0.257 e. The number of carbonyl (C=O) groups excluding carboxylic acids is 2. The van der Waals surface area contributed by atoms with Crippen molar-refractivity contribution in [2.75, 3.05) is 30.3 Å². The van der Waals surface area contributed by atoms with Crippen LogP contribution in [0.4, 0.5) is 5.69 Å². The Bertz CT molecular complexity index is 782. The number of thioether (sulfide) groups is 1. The van der Waals surface area contributed by atoms with Crippen molar-refractivity contribution >= 4 is 29.3 Å². The van der Waals surface area contributed by atoms with Crippen LogP contribution >= 0.6 is 11.8 Å². The molecule has 0 unspecified atom stereocenters. The van der Waals surface area contributed by atoms with Gasteiger partial charge in [-0.25, -0.2) is 0 Å². The second-order valence-corrected chi connectivity index (χ2v) is 7.87. The Labute approximate surface area is 157 Å². The number of fused-ring (bicyclic) bond motifs is 1. The zero-order valence-corrected chi connectivity index (χ0v) is 15.4. The third-order valence-electron chi connectivity index (χ3n) is 5.11. The first-order valence-electron chi connectivity index (χ1n) is 9.09. The van der Waals surface area contributed by atoms with Crippen LogP contribution in [0.15, 0.2) is 52.2 Å². The number of likely N-dealkylation sites (tertiary alicyclic amines) is 1. The SMILES string of the molecule is O=C(c1ccoc1)N1CCC(C(=O)N2CCCSc3ccccc32)CC1. The molecule has 0 spiro atoms. The molecular formula is C20H22N2O3S. The Morgan fingerprint density at radius 3 is 2.65 bits per heavy atom. The molecule has 0 atom stereocenters. The average molecular weight is 370 g/mol. The van der Waals surface area contributed by atoms with E-state index in [0.717, 1.165) is 24.4 Å². The summed E-state index contributed by atoms with van der Waals surface area (Å²) in [5.41, 5.74) is 1.62. The van der Waals surface area contributed by atoms with E-state index in [1.165, 1.54) is 17.4 Å². The van der Waals surface area contributed by atoms with Crippen LogP contribution in [0.25, 0.3) is 0 Å². The third-order valence-corrected chi connectivity index (χ3v) is 6.25. The number of carbonyl (C=O) groups is 2. The van der Waals surface area contributed by atoms with Gasteiger partial charge < -0.3 is 14.2 Å². The third kappa shape index (κ3) is 3.38. The summed E-state index contributed by atoms with van der Waals surface area (Å²) in [6.07, 6.45) is 5.43. The van der Waals surface area contributed by atoms with Crippen molar-refractivity contribution in [1.82, 2.24) is 4.90 Å². The molecule has 2 aromatic rings. The summed E-state index contributed by atoms with van der Waals surface area (Å²) in [7, 11) is 0. The van der Waals surface area contributed by atoms with E-state index in [-0.39, 0.29) is 17.7 Å². The molecule has 1 fully saturated rings. The molecule has 3 heterocycles. The van der Waals surface area contributed by atoms with Crippen LogP contribution in [0, 0.1) is 5.92 Å². The largest absolute Gasteiger partial charge is 0.472 e. The number of rotatable bonds is 2. The molecule has 1 saturated heterocycles. The predicted molar refractivity (Wildman–Crippen MR) is 101 cm³/mol. The fourth-order valence-electron chi connectivity index (χ4n) is 3.68. The fourth-order valence-corrected chi connectivity index (χ4v) is 4.67. The van der Waals surface area contributed by atoms with E-state index in [4.69, 9.17) is 4.42 Å². The summed E-state index contributed by atoms with van der Waals surface area (Å²) in [5.74, 6) is 1.22. The summed E-state index contributed by atoms with van der Waals surface area (Å²) in [6.45, 7) is 2.01. The minimum atomic E-state index is -0.0143. The number of benzene rings is 1. The molecule has 0 saturated carbocycles. The van der Waals surface area contributed by atoms with Gasteiger partial charge in [-0.3, -0.25) is 9.59 Å². The van der Waals surface area contributed by atoms with Crippen LogP contribution in [0.3, 0.4) is 0 Å². The van der Waals surface area contributed by atoms with Gasteiger partial charge in [0.05, 0.1) is 17.5 Å². The number of amides is 2. The molecule has 2 amide bonds. The van der Waals surface area contributed by atoms with Gasteiger partial charge >= 0.3 is 0 Å². The molecule has 0 radical (unpaired) electrons. The van der Waals surface area contributed by atoms with E-state index in [9.17, 15) is 9.59 Å². The maximum absolute atomic E-state index is 13.2. The number of hydrogen-bond acceptors (Lipinski definition) is 4. The van der Waals surface area contributed by atoms with Crippen molar-refractivity contribution in [2.45, 2.75) is 24.2 Å². The second-order valence-electron chi connectivity index (χ2n) is 6.74. The molecule has 4 rings (SSSR count). The van der Waals surface area contributed by atoms with Gasteiger partial charge in [0.25, 0.3) is 5.91 Å². The Hall–Kier alpha value is -2.21. The van der Waals surface area contributed by atoms with Crippen molar-refractivity contribution < 1.29 is 14.0 Å². The number of anilines is 1. The number of para-hydroxylation sites is 1. The highest BCUT2D eigenvalue weighted by atomic mass is 32.2. The lowest BCUT2D eigenvalue weighted by atomic mass is 9.94. The molecular weight excluding hydrogens is 348 g/mol. The molecule has 2 aliphatic heterocycles. The van der Waals surface area contributed by atoms with Gasteiger partial charge in [0.15, 0.2) is 0 Å². The van der Waals surface area contributed by atoms with E-state index in [1.807, 2.05) is 39.8 Å². The Morgan fingerprint density at radius 1 is 1.08 bits per heavy atom. The fraction of sp³-hybridized carbons (Fsp3) is 0.400. The van der Waals surface area contributed by atoms with Gasteiger partial charge in [0, 0.05) is 30.4 Å². The van der Waals surface area contributed by atoms with Crippen LogP contribution in [0.1, 0.15) is 29.6 Å². The maximum Gasteiger partial charge on any atom is 0.257 e. The quantitative estimate of drug-likeness (QED) is 0.810. The monoisotopic (exact) mass is 370 g/mol. The second kappa shape index (κ2) is 7.58. The van der Waals surface area contributed by atoms with E-state index in [2.05, 4.69) is 6.07 Å². The minimum absolute atomic E-state index is 0.0128. The van der Waals surface area contributed by atoms with Gasteiger partial charge in [-0.2, -0.15) is 0 Å². The van der Waals surface area contributed by atoms with Gasteiger partial charge in [-0.05, 0) is 43.2 Å². The first-order chi connectivity index (χ1) is 12.7. The molecule has 0 N–H and O–H groups in total.